The van der Waals surface area contributed by atoms with Gasteiger partial charge in [0.1, 0.15) is 4.87 Å². The quantitative estimate of drug-likeness (QED) is 0.775. The maximum atomic E-state index is 13.0. The second kappa shape index (κ2) is 5.19. The minimum absolute atomic E-state index is 0.0101. The molecule has 0 aromatic rings. The molecule has 3 unspecified atom stereocenters. The molecule has 3 heterocycles. The molecular weight excluding hydrogens is 321 g/mol. The molecule has 22 heavy (non-hydrogen) atoms. The molecule has 0 radical (unpaired) electrons. The number of carbonyl (C=O) groups is 1. The summed E-state index contributed by atoms with van der Waals surface area (Å²) in [7, 11) is 0. The van der Waals surface area contributed by atoms with Gasteiger partial charge in [-0.15, -0.1) is 16.7 Å². The average Bonchev–Trinajstić information content (AvgIpc) is 3.02. The van der Waals surface area contributed by atoms with Crippen LogP contribution in [-0.2, 0) is 4.79 Å². The van der Waals surface area contributed by atoms with Crippen LogP contribution >= 0.6 is 11.6 Å². The topological polar surface area (TPSA) is 57.1 Å². The van der Waals surface area contributed by atoms with E-state index in [0.717, 1.165) is 13.1 Å². The van der Waals surface area contributed by atoms with E-state index in [4.69, 9.17) is 11.6 Å². The second-order valence-corrected chi connectivity index (χ2v) is 6.73. The van der Waals surface area contributed by atoms with E-state index >= 15 is 0 Å². The summed E-state index contributed by atoms with van der Waals surface area (Å²) in [5.41, 5.74) is -1.19. The Morgan fingerprint density at radius 3 is 2.50 bits per heavy atom. The van der Waals surface area contributed by atoms with Gasteiger partial charge in [-0.05, 0) is 18.8 Å². The predicted octanol–water partition coefficient (Wildman–Crippen LogP) is 1.42. The van der Waals surface area contributed by atoms with Crippen LogP contribution in [0.3, 0.4) is 0 Å². The molecule has 0 spiro atoms. The number of halogens is 4. The van der Waals surface area contributed by atoms with Gasteiger partial charge in [-0.1, -0.05) is 0 Å². The van der Waals surface area contributed by atoms with Crippen molar-refractivity contribution in [3.8, 4) is 0 Å². The number of nitrogens with zero attached hydrogens (tertiary/aromatic N) is 3. The Kier molecular flexibility index (Phi) is 3.71. The highest BCUT2D eigenvalue weighted by molar-refractivity contribution is 6.50. The smallest absolute Gasteiger partial charge is 0.342 e. The van der Waals surface area contributed by atoms with Crippen LogP contribution in [-0.4, -0.2) is 59.5 Å². The van der Waals surface area contributed by atoms with Crippen molar-refractivity contribution in [2.45, 2.75) is 24.4 Å². The highest BCUT2D eigenvalue weighted by Gasteiger charge is 2.55. The van der Waals surface area contributed by atoms with E-state index in [1.165, 1.54) is 6.92 Å². The van der Waals surface area contributed by atoms with Crippen molar-refractivity contribution in [2.24, 2.45) is 22.0 Å². The number of hydrogen-bond acceptors (Lipinski definition) is 4. The molecule has 1 amide bonds. The van der Waals surface area contributed by atoms with Crippen LogP contribution in [0.25, 0.3) is 0 Å². The standard InChI is InChI=1S/C13H16ClF3N4O/c1-7-12(14,11(20-19-7)13(15,16)17)2-10(22)21-5-8-3-18-4-9(8)6-21/h8-9,18H,2-6H2,1H3. The van der Waals surface area contributed by atoms with Gasteiger partial charge >= 0.3 is 6.18 Å². The number of rotatable bonds is 2. The lowest BCUT2D eigenvalue weighted by molar-refractivity contribution is -0.130. The van der Waals surface area contributed by atoms with Gasteiger partial charge in [-0.2, -0.15) is 18.3 Å². The van der Waals surface area contributed by atoms with Crippen LogP contribution in [0, 0.1) is 11.8 Å². The maximum Gasteiger partial charge on any atom is 0.433 e. The summed E-state index contributed by atoms with van der Waals surface area (Å²) in [6.45, 7) is 4.19. The van der Waals surface area contributed by atoms with Crippen LogP contribution in [0.5, 0.6) is 0 Å². The van der Waals surface area contributed by atoms with E-state index in [-0.39, 0.29) is 11.6 Å². The molecule has 3 rings (SSSR count). The van der Waals surface area contributed by atoms with E-state index in [2.05, 4.69) is 15.5 Å². The Morgan fingerprint density at radius 1 is 1.36 bits per heavy atom. The Hall–Kier alpha value is -1.15. The van der Waals surface area contributed by atoms with Crippen LogP contribution in [0.4, 0.5) is 13.2 Å². The number of nitrogens with one attached hydrogen (secondary N) is 1. The summed E-state index contributed by atoms with van der Waals surface area (Å²) in [5, 5.41) is 9.84. The SMILES string of the molecule is CC1=NN=C(C(F)(F)F)C1(Cl)CC(=O)N1CC2CNCC2C1. The summed E-state index contributed by atoms with van der Waals surface area (Å²) in [5.74, 6) is 0.381. The molecule has 0 aromatic heterocycles. The van der Waals surface area contributed by atoms with E-state index < -0.39 is 23.2 Å². The molecule has 2 saturated heterocycles. The molecule has 0 aliphatic carbocycles. The first kappa shape index (κ1) is 15.7. The lowest BCUT2D eigenvalue weighted by atomic mass is 9.93. The summed E-state index contributed by atoms with van der Waals surface area (Å²) >= 11 is 6.12. The van der Waals surface area contributed by atoms with Crippen molar-refractivity contribution in [1.29, 1.82) is 0 Å². The van der Waals surface area contributed by atoms with E-state index in [9.17, 15) is 18.0 Å². The number of hydrogen-bond donors (Lipinski definition) is 1. The van der Waals surface area contributed by atoms with Gasteiger partial charge in [0.25, 0.3) is 0 Å². The minimum Gasteiger partial charge on any atom is -0.342 e. The third-order valence-corrected chi connectivity index (χ3v) is 5.24. The fraction of sp³-hybridized carbons (Fsp3) is 0.769. The summed E-state index contributed by atoms with van der Waals surface area (Å²) in [6, 6.07) is 0. The number of fused-ring (bicyclic) bond motifs is 1. The van der Waals surface area contributed by atoms with Gasteiger partial charge in [-0.25, -0.2) is 0 Å². The molecular formula is C13H16ClF3N4O. The third kappa shape index (κ3) is 2.52. The molecule has 3 aliphatic heterocycles. The Labute approximate surface area is 130 Å². The number of carbonyl (C=O) groups excluding carboxylic acids is 1. The van der Waals surface area contributed by atoms with Crippen LogP contribution in [0.15, 0.2) is 10.2 Å². The van der Waals surface area contributed by atoms with Crippen LogP contribution in [0.1, 0.15) is 13.3 Å². The summed E-state index contributed by atoms with van der Waals surface area (Å²) in [6.07, 6.45) is -5.16. The van der Waals surface area contributed by atoms with Gasteiger partial charge in [0.2, 0.25) is 5.91 Å². The lowest BCUT2D eigenvalue weighted by Crippen LogP contribution is -2.48. The first-order chi connectivity index (χ1) is 10.2. The Bertz CT molecular complexity index is 550. The molecule has 0 bridgehead atoms. The molecule has 1 N–H and O–H groups in total. The lowest BCUT2D eigenvalue weighted by Gasteiger charge is -2.27. The number of alkyl halides is 4. The predicted molar refractivity (Wildman–Crippen MR) is 76.2 cm³/mol. The van der Waals surface area contributed by atoms with Crippen molar-refractivity contribution in [2.75, 3.05) is 26.2 Å². The maximum absolute atomic E-state index is 13.0. The van der Waals surface area contributed by atoms with Gasteiger partial charge < -0.3 is 10.2 Å². The molecule has 2 fully saturated rings. The Balaban J connectivity index is 1.73. The number of likely N-dealkylation sites (tertiary alicyclic amines) is 1. The fourth-order valence-electron chi connectivity index (χ4n) is 3.33. The van der Waals surface area contributed by atoms with E-state index in [1.54, 1.807) is 4.90 Å². The molecule has 0 saturated carbocycles. The third-order valence-electron chi connectivity index (χ3n) is 4.65. The monoisotopic (exact) mass is 336 g/mol. The molecule has 0 aromatic carbocycles. The Morgan fingerprint density at radius 2 is 1.95 bits per heavy atom. The molecule has 9 heteroatoms. The van der Waals surface area contributed by atoms with Gasteiger partial charge in [0.05, 0.1) is 12.1 Å². The summed E-state index contributed by atoms with van der Waals surface area (Å²) < 4.78 is 39.1. The first-order valence-electron chi connectivity index (χ1n) is 7.09. The highest BCUT2D eigenvalue weighted by Crippen LogP contribution is 2.38. The zero-order chi connectivity index (χ0) is 16.1. The van der Waals surface area contributed by atoms with Gasteiger partial charge in [-0.3, -0.25) is 4.79 Å². The average molecular weight is 337 g/mol. The fourth-order valence-corrected chi connectivity index (χ4v) is 3.62. The largest absolute Gasteiger partial charge is 0.433 e. The minimum atomic E-state index is -4.70. The van der Waals surface area contributed by atoms with Crippen LogP contribution < -0.4 is 5.32 Å². The zero-order valence-corrected chi connectivity index (χ0v) is 12.7. The van der Waals surface area contributed by atoms with Gasteiger partial charge in [0, 0.05) is 26.2 Å². The van der Waals surface area contributed by atoms with E-state index in [0.29, 0.717) is 24.9 Å². The zero-order valence-electron chi connectivity index (χ0n) is 12.0. The van der Waals surface area contributed by atoms with Crippen molar-refractivity contribution >= 4 is 28.9 Å². The van der Waals surface area contributed by atoms with Crippen molar-refractivity contribution in [1.82, 2.24) is 10.2 Å². The van der Waals surface area contributed by atoms with Crippen LogP contribution in [0.2, 0.25) is 0 Å². The molecule has 5 nitrogen and oxygen atoms in total. The molecule has 122 valence electrons. The van der Waals surface area contributed by atoms with Crippen molar-refractivity contribution in [3.05, 3.63) is 0 Å². The molecule has 3 atom stereocenters. The van der Waals surface area contributed by atoms with E-state index in [1.807, 2.05) is 0 Å². The van der Waals surface area contributed by atoms with Gasteiger partial charge in [0.15, 0.2) is 5.71 Å². The van der Waals surface area contributed by atoms with Crippen molar-refractivity contribution < 1.29 is 18.0 Å². The van der Waals surface area contributed by atoms with Crippen molar-refractivity contribution in [3.63, 3.8) is 0 Å². The highest BCUT2D eigenvalue weighted by atomic mass is 35.5. The second-order valence-electron chi connectivity index (χ2n) is 6.09. The normalized spacial score (nSPS) is 34.7. The summed E-state index contributed by atoms with van der Waals surface area (Å²) in [4.78, 5) is 12.0. The number of amides is 1. The first-order valence-corrected chi connectivity index (χ1v) is 7.47. The molecule has 3 aliphatic rings.